The molecular formula is C22H28O6. The van der Waals surface area contributed by atoms with E-state index >= 15 is 0 Å². The fraction of sp³-hybridized carbons (Fsp3) is 0.545. The van der Waals surface area contributed by atoms with Crippen molar-refractivity contribution in [1.29, 1.82) is 0 Å². The van der Waals surface area contributed by atoms with E-state index in [0.717, 1.165) is 17.5 Å². The number of fused-ring (bicyclic) bond motifs is 1. The van der Waals surface area contributed by atoms with E-state index < -0.39 is 0 Å². The van der Waals surface area contributed by atoms with Crippen LogP contribution in [0.15, 0.2) is 30.2 Å². The fourth-order valence-electron chi connectivity index (χ4n) is 3.54. The first-order valence-corrected chi connectivity index (χ1v) is 9.90. The van der Waals surface area contributed by atoms with Gasteiger partial charge >= 0.3 is 5.97 Å². The van der Waals surface area contributed by atoms with Gasteiger partial charge in [0.25, 0.3) is 0 Å². The standard InChI is InChI=1S/C22H28O6/c1-4-9-25-21(23)13-26-16-7-8-17-19(11-16)27-12-20(22(17)24)28-18-10-14(2)5-6-15(18)3/h5-6,10,12,16-17,19H,4,7-9,11,13H2,1-3H3. The fourth-order valence-corrected chi connectivity index (χ4v) is 3.54. The highest BCUT2D eigenvalue weighted by molar-refractivity contribution is 5.96. The van der Waals surface area contributed by atoms with Crippen molar-refractivity contribution in [2.75, 3.05) is 13.2 Å². The third-order valence-electron chi connectivity index (χ3n) is 5.14. The summed E-state index contributed by atoms with van der Waals surface area (Å²) >= 11 is 0. The van der Waals surface area contributed by atoms with Gasteiger partial charge in [0.15, 0.2) is 0 Å². The van der Waals surface area contributed by atoms with Crippen molar-refractivity contribution >= 4 is 11.8 Å². The van der Waals surface area contributed by atoms with Crippen LogP contribution in [0.3, 0.4) is 0 Å². The number of carbonyl (C=O) groups is 2. The van der Waals surface area contributed by atoms with Crippen LogP contribution in [0.25, 0.3) is 0 Å². The van der Waals surface area contributed by atoms with Crippen molar-refractivity contribution < 1.29 is 28.5 Å². The molecule has 1 saturated carbocycles. The minimum atomic E-state index is -0.353. The van der Waals surface area contributed by atoms with Crippen LogP contribution in [0.1, 0.15) is 43.7 Å². The maximum Gasteiger partial charge on any atom is 0.332 e. The number of rotatable bonds is 7. The summed E-state index contributed by atoms with van der Waals surface area (Å²) in [7, 11) is 0. The molecule has 1 aliphatic heterocycles. The van der Waals surface area contributed by atoms with Gasteiger partial charge in [0.2, 0.25) is 11.5 Å². The smallest absolute Gasteiger partial charge is 0.332 e. The first-order valence-electron chi connectivity index (χ1n) is 9.90. The van der Waals surface area contributed by atoms with Crippen LogP contribution in [-0.2, 0) is 23.8 Å². The first-order chi connectivity index (χ1) is 13.5. The lowest BCUT2D eigenvalue weighted by Crippen LogP contribution is -2.43. The molecule has 3 atom stereocenters. The summed E-state index contributed by atoms with van der Waals surface area (Å²) in [6, 6.07) is 5.89. The van der Waals surface area contributed by atoms with E-state index in [0.29, 0.717) is 31.6 Å². The molecule has 6 heteroatoms. The molecule has 0 bridgehead atoms. The average Bonchev–Trinajstić information content (AvgIpc) is 2.69. The van der Waals surface area contributed by atoms with E-state index in [1.165, 1.54) is 6.26 Å². The Balaban J connectivity index is 1.56. The minimum absolute atomic E-state index is 0.0297. The number of aryl methyl sites for hydroxylation is 2. The number of carbonyl (C=O) groups excluding carboxylic acids is 2. The molecule has 0 aromatic heterocycles. The molecule has 2 aliphatic rings. The topological polar surface area (TPSA) is 71.1 Å². The highest BCUT2D eigenvalue weighted by Crippen LogP contribution is 2.35. The molecule has 1 heterocycles. The highest BCUT2D eigenvalue weighted by Gasteiger charge is 2.41. The molecule has 0 radical (unpaired) electrons. The molecule has 6 nitrogen and oxygen atoms in total. The molecular weight excluding hydrogens is 360 g/mol. The monoisotopic (exact) mass is 388 g/mol. The Morgan fingerprint density at radius 2 is 2.07 bits per heavy atom. The summed E-state index contributed by atoms with van der Waals surface area (Å²) in [5.41, 5.74) is 2.03. The number of benzene rings is 1. The van der Waals surface area contributed by atoms with Crippen molar-refractivity contribution in [3.63, 3.8) is 0 Å². The number of esters is 1. The summed E-state index contributed by atoms with van der Waals surface area (Å²) in [6.45, 7) is 6.21. The van der Waals surface area contributed by atoms with Gasteiger partial charge in [-0.15, -0.1) is 0 Å². The predicted octanol–water partition coefficient (Wildman–Crippen LogP) is 3.63. The lowest BCUT2D eigenvalue weighted by molar-refractivity contribution is -0.154. The van der Waals surface area contributed by atoms with Crippen LogP contribution < -0.4 is 4.74 Å². The van der Waals surface area contributed by atoms with Crippen LogP contribution in [-0.4, -0.2) is 37.2 Å². The molecule has 152 valence electrons. The van der Waals surface area contributed by atoms with E-state index in [1.54, 1.807) is 0 Å². The maximum absolute atomic E-state index is 12.9. The van der Waals surface area contributed by atoms with Crippen molar-refractivity contribution in [2.45, 2.75) is 58.7 Å². The Labute approximate surface area is 165 Å². The lowest BCUT2D eigenvalue weighted by atomic mass is 9.80. The molecule has 0 N–H and O–H groups in total. The van der Waals surface area contributed by atoms with Gasteiger partial charge in [0, 0.05) is 6.42 Å². The zero-order valence-corrected chi connectivity index (χ0v) is 16.7. The lowest BCUT2D eigenvalue weighted by Gasteiger charge is -2.37. The van der Waals surface area contributed by atoms with E-state index in [1.807, 2.05) is 39.0 Å². The van der Waals surface area contributed by atoms with Crippen molar-refractivity contribution in [1.82, 2.24) is 0 Å². The first kappa shape index (κ1) is 20.4. The summed E-state index contributed by atoms with van der Waals surface area (Å²) in [5, 5.41) is 0. The Morgan fingerprint density at radius 3 is 2.86 bits per heavy atom. The predicted molar refractivity (Wildman–Crippen MR) is 103 cm³/mol. The molecule has 3 unspecified atom stereocenters. The van der Waals surface area contributed by atoms with E-state index in [2.05, 4.69) is 0 Å². The van der Waals surface area contributed by atoms with Gasteiger partial charge in [-0.3, -0.25) is 4.79 Å². The third-order valence-corrected chi connectivity index (χ3v) is 5.14. The van der Waals surface area contributed by atoms with Gasteiger partial charge in [-0.2, -0.15) is 0 Å². The summed E-state index contributed by atoms with van der Waals surface area (Å²) in [5.74, 6) is 0.297. The van der Waals surface area contributed by atoms with Gasteiger partial charge in [0.1, 0.15) is 24.7 Å². The zero-order chi connectivity index (χ0) is 20.1. The van der Waals surface area contributed by atoms with Gasteiger partial charge in [-0.1, -0.05) is 19.1 Å². The van der Waals surface area contributed by atoms with Crippen molar-refractivity contribution in [3.05, 3.63) is 41.3 Å². The summed E-state index contributed by atoms with van der Waals surface area (Å²) in [4.78, 5) is 24.5. The number of Topliss-reactive ketones (excluding diaryl/α,β-unsaturated/α-hetero) is 1. The molecule has 1 aliphatic carbocycles. The molecule has 3 rings (SSSR count). The van der Waals surface area contributed by atoms with E-state index in [-0.39, 0.29) is 42.2 Å². The number of ketones is 1. The van der Waals surface area contributed by atoms with Crippen molar-refractivity contribution in [2.24, 2.45) is 5.92 Å². The molecule has 0 amide bonds. The maximum atomic E-state index is 12.9. The molecule has 1 aromatic rings. The largest absolute Gasteiger partial charge is 0.493 e. The normalized spacial score (nSPS) is 24.0. The second-order valence-electron chi connectivity index (χ2n) is 7.46. The van der Waals surface area contributed by atoms with E-state index in [9.17, 15) is 9.59 Å². The van der Waals surface area contributed by atoms with Gasteiger partial charge < -0.3 is 18.9 Å². The highest BCUT2D eigenvalue weighted by atomic mass is 16.6. The molecule has 28 heavy (non-hydrogen) atoms. The van der Waals surface area contributed by atoms with Crippen LogP contribution in [0.2, 0.25) is 0 Å². The second-order valence-corrected chi connectivity index (χ2v) is 7.46. The van der Waals surface area contributed by atoms with Crippen molar-refractivity contribution in [3.8, 4) is 5.75 Å². The Bertz CT molecular complexity index is 753. The molecule has 0 spiro atoms. The second kappa shape index (κ2) is 9.24. The summed E-state index contributed by atoms with van der Waals surface area (Å²) in [6.07, 6.45) is 3.77. The summed E-state index contributed by atoms with van der Waals surface area (Å²) < 4.78 is 22.3. The Kier molecular flexibility index (Phi) is 6.73. The number of allylic oxidation sites excluding steroid dienone is 1. The quantitative estimate of drug-likeness (QED) is 0.664. The van der Waals surface area contributed by atoms with Gasteiger partial charge in [-0.05, 0) is 50.3 Å². The molecule has 0 saturated heterocycles. The van der Waals surface area contributed by atoms with Gasteiger partial charge in [0.05, 0.1) is 18.6 Å². The van der Waals surface area contributed by atoms with Crippen LogP contribution in [0, 0.1) is 19.8 Å². The van der Waals surface area contributed by atoms with Crippen LogP contribution in [0.5, 0.6) is 5.75 Å². The molecule has 1 aromatic carbocycles. The average molecular weight is 388 g/mol. The molecule has 1 fully saturated rings. The minimum Gasteiger partial charge on any atom is -0.493 e. The van der Waals surface area contributed by atoms with Crippen LogP contribution in [0.4, 0.5) is 0 Å². The Morgan fingerprint density at radius 1 is 1.25 bits per heavy atom. The zero-order valence-electron chi connectivity index (χ0n) is 16.7. The Hall–Kier alpha value is -2.34. The number of hydrogen-bond donors (Lipinski definition) is 0. The van der Waals surface area contributed by atoms with Gasteiger partial charge in [-0.25, -0.2) is 4.79 Å². The van der Waals surface area contributed by atoms with Crippen LogP contribution >= 0.6 is 0 Å². The third kappa shape index (κ3) is 4.93. The number of hydrogen-bond acceptors (Lipinski definition) is 6. The number of ether oxygens (including phenoxy) is 4. The SMILES string of the molecule is CCCOC(=O)COC1CCC2C(=O)C(Oc3cc(C)ccc3C)=COC2C1. The van der Waals surface area contributed by atoms with E-state index in [4.69, 9.17) is 18.9 Å².